The van der Waals surface area contributed by atoms with E-state index in [-0.39, 0.29) is 17.7 Å². The molecule has 6 heteroatoms. The summed E-state index contributed by atoms with van der Waals surface area (Å²) in [6.07, 6.45) is 6.48. The van der Waals surface area contributed by atoms with Crippen molar-refractivity contribution in [1.29, 1.82) is 0 Å². The molecule has 27 heavy (non-hydrogen) atoms. The van der Waals surface area contributed by atoms with Crippen molar-refractivity contribution in [2.24, 2.45) is 0 Å². The molecule has 1 spiro atoms. The number of rotatable bonds is 3. The van der Waals surface area contributed by atoms with Crippen LogP contribution in [0.1, 0.15) is 36.0 Å². The van der Waals surface area contributed by atoms with Crippen LogP contribution in [0.4, 0.5) is 0 Å². The monoisotopic (exact) mass is 366 g/mol. The van der Waals surface area contributed by atoms with E-state index in [1.807, 2.05) is 15.8 Å². The Bertz CT molecular complexity index is 892. The molecule has 6 nitrogen and oxygen atoms in total. The SMILES string of the molecule is Cc1ccc(-n2cc(CN3CC[C@@]45OCCCN4C(=O)C[C@@H]35)cn2)cc1C. The fraction of sp³-hybridized carbons (Fsp3) is 0.524. The van der Waals surface area contributed by atoms with E-state index in [9.17, 15) is 4.79 Å². The molecule has 1 aromatic heterocycles. The Kier molecular flexibility index (Phi) is 3.88. The molecule has 2 atom stereocenters. The van der Waals surface area contributed by atoms with Gasteiger partial charge in [-0.1, -0.05) is 6.07 Å². The molecule has 0 radical (unpaired) electrons. The van der Waals surface area contributed by atoms with E-state index in [4.69, 9.17) is 4.74 Å². The molecular formula is C21H26N4O2. The molecule has 0 saturated carbocycles. The normalized spacial score (nSPS) is 27.9. The van der Waals surface area contributed by atoms with Crippen LogP contribution in [0.5, 0.6) is 0 Å². The number of carbonyl (C=O) groups is 1. The van der Waals surface area contributed by atoms with Crippen molar-refractivity contribution in [2.45, 2.75) is 51.4 Å². The summed E-state index contributed by atoms with van der Waals surface area (Å²) in [6.45, 7) is 7.62. The van der Waals surface area contributed by atoms with Crippen LogP contribution in [0.15, 0.2) is 30.6 Å². The molecule has 3 saturated heterocycles. The molecule has 142 valence electrons. The van der Waals surface area contributed by atoms with Crippen LogP contribution in [-0.2, 0) is 16.1 Å². The Morgan fingerprint density at radius 1 is 1.26 bits per heavy atom. The van der Waals surface area contributed by atoms with Crippen LogP contribution in [-0.4, -0.2) is 57.0 Å². The lowest BCUT2D eigenvalue weighted by molar-refractivity contribution is -0.180. The zero-order valence-electron chi connectivity index (χ0n) is 16.0. The molecular weight excluding hydrogens is 340 g/mol. The molecule has 1 amide bonds. The van der Waals surface area contributed by atoms with Gasteiger partial charge in [-0.15, -0.1) is 0 Å². The van der Waals surface area contributed by atoms with Crippen LogP contribution in [0.2, 0.25) is 0 Å². The molecule has 5 rings (SSSR count). The Morgan fingerprint density at radius 2 is 2.15 bits per heavy atom. The van der Waals surface area contributed by atoms with Crippen molar-refractivity contribution in [1.82, 2.24) is 19.6 Å². The van der Waals surface area contributed by atoms with Gasteiger partial charge in [-0.05, 0) is 43.5 Å². The quantitative estimate of drug-likeness (QED) is 0.837. The van der Waals surface area contributed by atoms with Crippen LogP contribution in [0.3, 0.4) is 0 Å². The number of nitrogens with zero attached hydrogens (tertiary/aromatic N) is 4. The molecule has 0 unspecified atom stereocenters. The van der Waals surface area contributed by atoms with Crippen molar-refractivity contribution in [2.75, 3.05) is 19.7 Å². The lowest BCUT2D eigenvalue weighted by Gasteiger charge is -2.42. The fourth-order valence-electron chi connectivity index (χ4n) is 4.91. The van der Waals surface area contributed by atoms with Gasteiger partial charge in [0.05, 0.1) is 24.5 Å². The second-order valence-corrected chi connectivity index (χ2v) is 8.09. The molecule has 3 aliphatic rings. The smallest absolute Gasteiger partial charge is 0.226 e. The van der Waals surface area contributed by atoms with Gasteiger partial charge < -0.3 is 9.64 Å². The largest absolute Gasteiger partial charge is 0.354 e. The van der Waals surface area contributed by atoms with Crippen LogP contribution in [0.25, 0.3) is 5.69 Å². The number of aromatic nitrogens is 2. The van der Waals surface area contributed by atoms with Crippen LogP contribution >= 0.6 is 0 Å². The van der Waals surface area contributed by atoms with E-state index in [1.165, 1.54) is 16.7 Å². The van der Waals surface area contributed by atoms with Gasteiger partial charge in [-0.25, -0.2) is 4.68 Å². The minimum absolute atomic E-state index is 0.162. The number of benzene rings is 1. The minimum atomic E-state index is -0.376. The average Bonchev–Trinajstić information content (AvgIpc) is 3.32. The van der Waals surface area contributed by atoms with Gasteiger partial charge in [0.2, 0.25) is 5.91 Å². The maximum atomic E-state index is 12.5. The summed E-state index contributed by atoms with van der Waals surface area (Å²) in [7, 11) is 0. The number of amides is 1. The van der Waals surface area contributed by atoms with Crippen molar-refractivity contribution in [3.05, 3.63) is 47.3 Å². The van der Waals surface area contributed by atoms with E-state index >= 15 is 0 Å². The maximum absolute atomic E-state index is 12.5. The third-order valence-corrected chi connectivity index (χ3v) is 6.50. The van der Waals surface area contributed by atoms with Crippen molar-refractivity contribution < 1.29 is 9.53 Å². The number of hydrogen-bond acceptors (Lipinski definition) is 4. The van der Waals surface area contributed by atoms with E-state index in [0.717, 1.165) is 44.8 Å². The van der Waals surface area contributed by atoms with Gasteiger partial charge in [0.25, 0.3) is 0 Å². The third kappa shape index (κ3) is 2.62. The Morgan fingerprint density at radius 3 is 3.00 bits per heavy atom. The highest BCUT2D eigenvalue weighted by Crippen LogP contribution is 2.45. The predicted molar refractivity (Wildman–Crippen MR) is 101 cm³/mol. The number of carbonyl (C=O) groups excluding carboxylic acids is 1. The van der Waals surface area contributed by atoms with E-state index in [2.05, 4.69) is 48.2 Å². The van der Waals surface area contributed by atoms with Gasteiger partial charge in [0, 0.05) is 44.2 Å². The standard InChI is InChI=1S/C21H26N4O2/c1-15-4-5-18(10-16(15)2)25-14-17(12-22-25)13-23-8-6-21-19(23)11-20(26)24(21)7-3-9-27-21/h4-5,10,12,14,19H,3,6-9,11,13H2,1-2H3/t19-,21+/m1/s1. The lowest BCUT2D eigenvalue weighted by atomic mass is 10.0. The first-order valence-electron chi connectivity index (χ1n) is 9.86. The molecule has 0 aliphatic carbocycles. The van der Waals surface area contributed by atoms with Crippen molar-refractivity contribution in [3.8, 4) is 5.69 Å². The highest BCUT2D eigenvalue weighted by molar-refractivity contribution is 5.81. The third-order valence-electron chi connectivity index (χ3n) is 6.50. The summed E-state index contributed by atoms with van der Waals surface area (Å²) in [5.74, 6) is 0.246. The summed E-state index contributed by atoms with van der Waals surface area (Å²) in [4.78, 5) is 16.9. The van der Waals surface area contributed by atoms with Crippen molar-refractivity contribution in [3.63, 3.8) is 0 Å². The molecule has 2 aromatic rings. The molecule has 0 N–H and O–H groups in total. The number of ether oxygens (including phenoxy) is 1. The molecule has 3 aliphatic heterocycles. The van der Waals surface area contributed by atoms with Gasteiger partial charge in [0.1, 0.15) is 0 Å². The van der Waals surface area contributed by atoms with Crippen molar-refractivity contribution >= 4 is 5.91 Å². The van der Waals surface area contributed by atoms with Gasteiger partial charge >= 0.3 is 0 Å². The number of hydrogen-bond donors (Lipinski definition) is 0. The molecule has 1 aromatic carbocycles. The second kappa shape index (κ2) is 6.17. The zero-order chi connectivity index (χ0) is 18.6. The van der Waals surface area contributed by atoms with E-state index in [1.54, 1.807) is 0 Å². The highest BCUT2D eigenvalue weighted by atomic mass is 16.5. The first-order chi connectivity index (χ1) is 13.1. The first kappa shape index (κ1) is 17.0. The molecule has 3 fully saturated rings. The zero-order valence-corrected chi connectivity index (χ0v) is 16.0. The predicted octanol–water partition coefficient (Wildman–Crippen LogP) is 2.41. The Balaban J connectivity index is 1.35. The minimum Gasteiger partial charge on any atom is -0.354 e. The van der Waals surface area contributed by atoms with Crippen LogP contribution in [0, 0.1) is 13.8 Å². The lowest BCUT2D eigenvalue weighted by Crippen LogP contribution is -2.56. The summed E-state index contributed by atoms with van der Waals surface area (Å²) in [5, 5.41) is 4.56. The fourth-order valence-corrected chi connectivity index (χ4v) is 4.91. The molecule has 0 bridgehead atoms. The maximum Gasteiger partial charge on any atom is 0.226 e. The highest BCUT2D eigenvalue weighted by Gasteiger charge is 2.60. The topological polar surface area (TPSA) is 50.6 Å². The van der Waals surface area contributed by atoms with Gasteiger partial charge in [-0.2, -0.15) is 5.10 Å². The van der Waals surface area contributed by atoms with E-state index < -0.39 is 0 Å². The number of aryl methyl sites for hydroxylation is 2. The van der Waals surface area contributed by atoms with Gasteiger partial charge in [0.15, 0.2) is 5.72 Å². The first-order valence-corrected chi connectivity index (χ1v) is 9.86. The van der Waals surface area contributed by atoms with Gasteiger partial charge in [-0.3, -0.25) is 9.69 Å². The average molecular weight is 366 g/mol. The summed E-state index contributed by atoms with van der Waals surface area (Å²) < 4.78 is 8.13. The Labute approximate surface area is 159 Å². The second-order valence-electron chi connectivity index (χ2n) is 8.09. The summed E-state index contributed by atoms with van der Waals surface area (Å²) in [6, 6.07) is 6.57. The van der Waals surface area contributed by atoms with Crippen LogP contribution < -0.4 is 0 Å². The number of likely N-dealkylation sites (tertiary alicyclic amines) is 1. The summed E-state index contributed by atoms with van der Waals surface area (Å²) >= 11 is 0. The van der Waals surface area contributed by atoms with E-state index in [0.29, 0.717) is 6.42 Å². The Hall–Kier alpha value is -2.18. The summed E-state index contributed by atoms with van der Waals surface area (Å²) in [5.41, 5.74) is 4.44. The molecule has 4 heterocycles.